The Kier molecular flexibility index (Phi) is 6.67. The van der Waals surface area contributed by atoms with Crippen molar-refractivity contribution >= 4 is 11.9 Å². The van der Waals surface area contributed by atoms with Crippen LogP contribution in [0.2, 0.25) is 0 Å². The fourth-order valence-corrected chi connectivity index (χ4v) is 2.19. The van der Waals surface area contributed by atoms with Gasteiger partial charge in [0.25, 0.3) is 0 Å². The molecule has 5 heteroatoms. The van der Waals surface area contributed by atoms with Crippen molar-refractivity contribution < 1.29 is 9.59 Å². The summed E-state index contributed by atoms with van der Waals surface area (Å²) in [6, 6.07) is 0.135. The molecular formula is C14H27N3O2. The number of unbranched alkanes of at least 4 members (excludes halogenated alkanes) is 1. The highest BCUT2D eigenvalue weighted by Crippen LogP contribution is 2.07. The first kappa shape index (κ1) is 15.8. The third-order valence-corrected chi connectivity index (χ3v) is 3.29. The van der Waals surface area contributed by atoms with Crippen LogP contribution < -0.4 is 5.32 Å². The van der Waals surface area contributed by atoms with E-state index in [1.807, 2.05) is 23.6 Å². The number of nitrogens with one attached hydrogen (secondary N) is 1. The van der Waals surface area contributed by atoms with Crippen molar-refractivity contribution in [2.45, 2.75) is 52.5 Å². The van der Waals surface area contributed by atoms with Crippen LogP contribution in [0.25, 0.3) is 0 Å². The minimum absolute atomic E-state index is 0.0159. The Morgan fingerprint density at radius 1 is 1.11 bits per heavy atom. The summed E-state index contributed by atoms with van der Waals surface area (Å²) in [7, 11) is 0. The number of carbonyl (C=O) groups excluding carboxylic acids is 2. The summed E-state index contributed by atoms with van der Waals surface area (Å²) in [4.78, 5) is 27.6. The minimum Gasteiger partial charge on any atom is -0.341 e. The molecule has 0 aromatic heterocycles. The molecule has 0 aromatic rings. The van der Waals surface area contributed by atoms with Gasteiger partial charge in [-0.25, -0.2) is 4.79 Å². The number of carbonyl (C=O) groups is 2. The van der Waals surface area contributed by atoms with Gasteiger partial charge in [-0.3, -0.25) is 4.79 Å². The van der Waals surface area contributed by atoms with Crippen LogP contribution in [-0.4, -0.2) is 54.0 Å². The fraction of sp³-hybridized carbons (Fsp3) is 0.857. The van der Waals surface area contributed by atoms with E-state index in [1.54, 1.807) is 0 Å². The monoisotopic (exact) mass is 269 g/mol. The largest absolute Gasteiger partial charge is 0.341 e. The quantitative estimate of drug-likeness (QED) is 0.846. The summed E-state index contributed by atoms with van der Waals surface area (Å²) in [5, 5.41) is 2.90. The number of urea groups is 1. The maximum absolute atomic E-state index is 12.0. The van der Waals surface area contributed by atoms with Crippen LogP contribution in [0.4, 0.5) is 4.79 Å². The van der Waals surface area contributed by atoms with Gasteiger partial charge in [0.2, 0.25) is 5.91 Å². The average molecular weight is 269 g/mol. The number of amides is 3. The second kappa shape index (κ2) is 8.02. The summed E-state index contributed by atoms with van der Waals surface area (Å²) >= 11 is 0. The van der Waals surface area contributed by atoms with Crippen LogP contribution in [0.3, 0.4) is 0 Å². The van der Waals surface area contributed by atoms with E-state index in [2.05, 4.69) is 12.2 Å². The SMILES string of the molecule is CCCCC(=O)N1CCCN(C(=O)NC(C)C)CC1. The molecule has 1 fully saturated rings. The normalized spacial score (nSPS) is 16.4. The number of hydrogen-bond donors (Lipinski definition) is 1. The molecule has 0 bridgehead atoms. The topological polar surface area (TPSA) is 52.7 Å². The molecule has 3 amide bonds. The van der Waals surface area contributed by atoms with Gasteiger partial charge in [0.05, 0.1) is 0 Å². The summed E-state index contributed by atoms with van der Waals surface area (Å²) in [6.45, 7) is 8.80. The highest BCUT2D eigenvalue weighted by Gasteiger charge is 2.21. The lowest BCUT2D eigenvalue weighted by Crippen LogP contribution is -2.44. The molecule has 1 N–H and O–H groups in total. The second-order valence-electron chi connectivity index (χ2n) is 5.43. The summed E-state index contributed by atoms with van der Waals surface area (Å²) in [5.74, 6) is 0.230. The van der Waals surface area contributed by atoms with E-state index in [0.717, 1.165) is 32.4 Å². The van der Waals surface area contributed by atoms with Crippen LogP contribution in [0.5, 0.6) is 0 Å². The van der Waals surface area contributed by atoms with Gasteiger partial charge in [-0.15, -0.1) is 0 Å². The van der Waals surface area contributed by atoms with E-state index < -0.39 is 0 Å². The van der Waals surface area contributed by atoms with E-state index in [1.165, 1.54) is 0 Å². The molecule has 1 rings (SSSR count). The van der Waals surface area contributed by atoms with Gasteiger partial charge in [-0.05, 0) is 26.7 Å². The Morgan fingerprint density at radius 2 is 1.74 bits per heavy atom. The Balaban J connectivity index is 2.42. The fourth-order valence-electron chi connectivity index (χ4n) is 2.19. The lowest BCUT2D eigenvalue weighted by atomic mass is 10.2. The Morgan fingerprint density at radius 3 is 2.37 bits per heavy atom. The van der Waals surface area contributed by atoms with Crippen molar-refractivity contribution in [3.05, 3.63) is 0 Å². The van der Waals surface area contributed by atoms with Gasteiger partial charge in [-0.2, -0.15) is 0 Å². The molecule has 0 aromatic carbocycles. The lowest BCUT2D eigenvalue weighted by Gasteiger charge is -2.23. The molecule has 1 saturated heterocycles. The molecule has 0 atom stereocenters. The smallest absolute Gasteiger partial charge is 0.317 e. The molecule has 0 aliphatic carbocycles. The minimum atomic E-state index is -0.0159. The van der Waals surface area contributed by atoms with Crippen molar-refractivity contribution in [1.82, 2.24) is 15.1 Å². The lowest BCUT2D eigenvalue weighted by molar-refractivity contribution is -0.131. The van der Waals surface area contributed by atoms with Crippen molar-refractivity contribution in [3.8, 4) is 0 Å². The van der Waals surface area contributed by atoms with Crippen molar-refractivity contribution in [2.75, 3.05) is 26.2 Å². The Hall–Kier alpha value is -1.26. The molecule has 5 nitrogen and oxygen atoms in total. The first-order chi connectivity index (χ1) is 9.04. The Labute approximate surface area is 116 Å². The maximum atomic E-state index is 12.0. The third-order valence-electron chi connectivity index (χ3n) is 3.29. The van der Waals surface area contributed by atoms with E-state index in [-0.39, 0.29) is 18.0 Å². The molecule has 0 radical (unpaired) electrons. The van der Waals surface area contributed by atoms with E-state index in [9.17, 15) is 9.59 Å². The highest BCUT2D eigenvalue weighted by atomic mass is 16.2. The van der Waals surface area contributed by atoms with Gasteiger partial charge in [0.15, 0.2) is 0 Å². The molecule has 110 valence electrons. The van der Waals surface area contributed by atoms with Crippen LogP contribution >= 0.6 is 0 Å². The predicted molar refractivity (Wildman–Crippen MR) is 76.0 cm³/mol. The van der Waals surface area contributed by atoms with Crippen LogP contribution in [0, 0.1) is 0 Å². The first-order valence-electron chi connectivity index (χ1n) is 7.37. The van der Waals surface area contributed by atoms with Gasteiger partial charge < -0.3 is 15.1 Å². The molecule has 1 aliphatic heterocycles. The zero-order valence-corrected chi connectivity index (χ0v) is 12.4. The van der Waals surface area contributed by atoms with Crippen molar-refractivity contribution in [2.24, 2.45) is 0 Å². The average Bonchev–Trinajstić information content (AvgIpc) is 2.60. The van der Waals surface area contributed by atoms with E-state index >= 15 is 0 Å². The maximum Gasteiger partial charge on any atom is 0.317 e. The van der Waals surface area contributed by atoms with Gasteiger partial charge in [0, 0.05) is 38.6 Å². The zero-order valence-electron chi connectivity index (χ0n) is 12.4. The standard InChI is InChI=1S/C14H27N3O2/c1-4-5-7-13(18)16-8-6-9-17(11-10-16)14(19)15-12(2)3/h12H,4-11H2,1-3H3,(H,15,19). The number of rotatable bonds is 4. The molecular weight excluding hydrogens is 242 g/mol. The van der Waals surface area contributed by atoms with Crippen LogP contribution in [0.1, 0.15) is 46.5 Å². The molecule has 0 spiro atoms. The zero-order chi connectivity index (χ0) is 14.3. The van der Waals surface area contributed by atoms with Gasteiger partial charge in [-0.1, -0.05) is 13.3 Å². The molecule has 19 heavy (non-hydrogen) atoms. The molecule has 0 saturated carbocycles. The molecule has 1 heterocycles. The second-order valence-corrected chi connectivity index (χ2v) is 5.43. The van der Waals surface area contributed by atoms with Gasteiger partial charge >= 0.3 is 6.03 Å². The van der Waals surface area contributed by atoms with Crippen molar-refractivity contribution in [3.63, 3.8) is 0 Å². The summed E-state index contributed by atoms with van der Waals surface area (Å²) in [5.41, 5.74) is 0. The van der Waals surface area contributed by atoms with Crippen LogP contribution in [0.15, 0.2) is 0 Å². The summed E-state index contributed by atoms with van der Waals surface area (Å²) < 4.78 is 0. The van der Waals surface area contributed by atoms with E-state index in [0.29, 0.717) is 19.5 Å². The number of nitrogens with zero attached hydrogens (tertiary/aromatic N) is 2. The highest BCUT2D eigenvalue weighted by molar-refractivity contribution is 5.77. The molecule has 0 unspecified atom stereocenters. The van der Waals surface area contributed by atoms with E-state index in [4.69, 9.17) is 0 Å². The van der Waals surface area contributed by atoms with Crippen LogP contribution in [-0.2, 0) is 4.79 Å². The molecule has 1 aliphatic rings. The number of hydrogen-bond acceptors (Lipinski definition) is 2. The third kappa shape index (κ3) is 5.49. The van der Waals surface area contributed by atoms with Gasteiger partial charge in [0.1, 0.15) is 0 Å². The predicted octanol–water partition coefficient (Wildman–Crippen LogP) is 1.83. The first-order valence-corrected chi connectivity index (χ1v) is 7.37. The summed E-state index contributed by atoms with van der Waals surface area (Å²) in [6.07, 6.45) is 3.49. The van der Waals surface area contributed by atoms with Crippen molar-refractivity contribution in [1.29, 1.82) is 0 Å². The Bertz CT molecular complexity index is 305.